The van der Waals surface area contributed by atoms with Crippen molar-refractivity contribution in [2.45, 2.75) is 65.3 Å². The van der Waals surface area contributed by atoms with Crippen LogP contribution in [-0.4, -0.2) is 33.6 Å². The summed E-state index contributed by atoms with van der Waals surface area (Å²) < 4.78 is 0. The predicted molar refractivity (Wildman–Crippen MR) is 64.0 cm³/mol. The number of aliphatic hydroxyl groups is 3. The van der Waals surface area contributed by atoms with Crippen molar-refractivity contribution in [3.63, 3.8) is 0 Å². The van der Waals surface area contributed by atoms with E-state index in [1.54, 1.807) is 6.92 Å². The monoisotopic (exact) mass is 230 g/mol. The van der Waals surface area contributed by atoms with Crippen molar-refractivity contribution >= 4 is 0 Å². The van der Waals surface area contributed by atoms with Crippen LogP contribution in [0.3, 0.4) is 0 Å². The van der Waals surface area contributed by atoms with Crippen molar-refractivity contribution in [2.75, 3.05) is 0 Å². The lowest BCUT2D eigenvalue weighted by atomic mass is 9.60. The summed E-state index contributed by atoms with van der Waals surface area (Å²) >= 11 is 0. The van der Waals surface area contributed by atoms with Crippen molar-refractivity contribution in [1.29, 1.82) is 0 Å². The summed E-state index contributed by atoms with van der Waals surface area (Å²) in [6.07, 6.45) is 0.812. The lowest BCUT2D eigenvalue weighted by molar-refractivity contribution is -0.113. The van der Waals surface area contributed by atoms with E-state index in [0.717, 1.165) is 12.8 Å². The van der Waals surface area contributed by atoms with Gasteiger partial charge in [0, 0.05) is 0 Å². The summed E-state index contributed by atoms with van der Waals surface area (Å²) in [5.74, 6) is 0.456. The molecule has 0 aromatic rings. The first-order chi connectivity index (χ1) is 7.25. The van der Waals surface area contributed by atoms with Gasteiger partial charge in [-0.1, -0.05) is 20.8 Å². The number of rotatable bonds is 3. The molecule has 0 aromatic carbocycles. The molecule has 3 N–H and O–H groups in total. The van der Waals surface area contributed by atoms with E-state index in [2.05, 4.69) is 13.8 Å². The Labute approximate surface area is 98.5 Å². The average Bonchev–Trinajstić information content (AvgIpc) is 2.12. The second kappa shape index (κ2) is 5.03. The molecule has 0 aromatic heterocycles. The molecule has 1 aliphatic carbocycles. The molecular formula is C13H26O3. The fourth-order valence-electron chi connectivity index (χ4n) is 3.19. The summed E-state index contributed by atoms with van der Waals surface area (Å²) in [6.45, 7) is 8.09. The van der Waals surface area contributed by atoms with Crippen molar-refractivity contribution < 1.29 is 15.3 Å². The molecule has 0 heterocycles. The predicted octanol–water partition coefficient (Wildman–Crippen LogP) is 1.55. The van der Waals surface area contributed by atoms with Crippen LogP contribution in [0.2, 0.25) is 0 Å². The third-order valence-corrected chi connectivity index (χ3v) is 4.20. The van der Waals surface area contributed by atoms with Crippen LogP contribution in [0.5, 0.6) is 0 Å². The zero-order chi connectivity index (χ0) is 12.5. The van der Waals surface area contributed by atoms with Crippen LogP contribution < -0.4 is 0 Å². The lowest BCUT2D eigenvalue weighted by Crippen LogP contribution is -2.49. The quantitative estimate of drug-likeness (QED) is 0.689. The molecule has 16 heavy (non-hydrogen) atoms. The van der Waals surface area contributed by atoms with Gasteiger partial charge in [0.2, 0.25) is 0 Å². The minimum absolute atomic E-state index is 0.0347. The fraction of sp³-hybridized carbons (Fsp3) is 1.00. The Morgan fingerprint density at radius 1 is 1.31 bits per heavy atom. The van der Waals surface area contributed by atoms with Gasteiger partial charge in [0.05, 0.1) is 18.3 Å². The van der Waals surface area contributed by atoms with Gasteiger partial charge in [-0.25, -0.2) is 0 Å². The molecule has 96 valence electrons. The van der Waals surface area contributed by atoms with Crippen LogP contribution in [0.1, 0.15) is 47.0 Å². The summed E-state index contributed by atoms with van der Waals surface area (Å²) in [6, 6.07) is 0. The second-order valence-corrected chi connectivity index (χ2v) is 6.14. The minimum Gasteiger partial charge on any atom is -0.393 e. The Morgan fingerprint density at radius 2 is 1.88 bits per heavy atom. The molecule has 0 unspecified atom stereocenters. The smallest absolute Gasteiger partial charge is 0.0827 e. The van der Waals surface area contributed by atoms with Gasteiger partial charge in [-0.2, -0.15) is 0 Å². The normalized spacial score (nSPS) is 40.7. The van der Waals surface area contributed by atoms with E-state index < -0.39 is 12.2 Å². The van der Waals surface area contributed by atoms with Gasteiger partial charge in [0.1, 0.15) is 0 Å². The van der Waals surface area contributed by atoms with E-state index >= 15 is 0 Å². The van der Waals surface area contributed by atoms with E-state index in [4.69, 9.17) is 0 Å². The molecule has 1 saturated carbocycles. The molecule has 3 nitrogen and oxygen atoms in total. The van der Waals surface area contributed by atoms with Gasteiger partial charge in [0.25, 0.3) is 0 Å². The Kier molecular flexibility index (Phi) is 4.38. The molecule has 0 bridgehead atoms. The van der Waals surface area contributed by atoms with E-state index in [1.807, 2.05) is 6.92 Å². The molecule has 5 atom stereocenters. The first kappa shape index (κ1) is 13.9. The van der Waals surface area contributed by atoms with Crippen LogP contribution in [-0.2, 0) is 0 Å². The van der Waals surface area contributed by atoms with Gasteiger partial charge in [0.15, 0.2) is 0 Å². The van der Waals surface area contributed by atoms with E-state index in [-0.39, 0.29) is 17.4 Å². The zero-order valence-electron chi connectivity index (χ0n) is 10.8. The Morgan fingerprint density at radius 3 is 2.38 bits per heavy atom. The highest BCUT2D eigenvalue weighted by molar-refractivity contribution is 4.95. The van der Waals surface area contributed by atoms with Crippen molar-refractivity contribution in [3.8, 4) is 0 Å². The van der Waals surface area contributed by atoms with Crippen LogP contribution in [0, 0.1) is 17.3 Å². The maximum absolute atomic E-state index is 9.90. The molecule has 0 spiro atoms. The van der Waals surface area contributed by atoms with E-state index in [0.29, 0.717) is 12.3 Å². The standard InChI is InChI=1S/C13H26O3/c1-8(14)5-6-10-9(2)12(16)11(15)7-13(10,3)4/h8-12,14-16H,5-7H2,1-4H3/t8-,9-,10+,11-,12-/m0/s1. The average molecular weight is 230 g/mol. The summed E-state index contributed by atoms with van der Waals surface area (Å²) in [5, 5.41) is 29.0. The van der Waals surface area contributed by atoms with Crippen molar-refractivity contribution in [3.05, 3.63) is 0 Å². The Balaban J connectivity index is 2.70. The zero-order valence-corrected chi connectivity index (χ0v) is 10.8. The van der Waals surface area contributed by atoms with Crippen molar-refractivity contribution in [1.82, 2.24) is 0 Å². The Hall–Kier alpha value is -0.120. The maximum Gasteiger partial charge on any atom is 0.0827 e. The van der Waals surface area contributed by atoms with Crippen LogP contribution in [0.25, 0.3) is 0 Å². The van der Waals surface area contributed by atoms with Gasteiger partial charge in [-0.15, -0.1) is 0 Å². The highest BCUT2D eigenvalue weighted by atomic mass is 16.3. The number of aliphatic hydroxyl groups excluding tert-OH is 3. The first-order valence-corrected chi connectivity index (χ1v) is 6.30. The van der Waals surface area contributed by atoms with Gasteiger partial charge in [-0.05, 0) is 43.4 Å². The molecular weight excluding hydrogens is 204 g/mol. The van der Waals surface area contributed by atoms with E-state index in [1.165, 1.54) is 0 Å². The molecule has 0 amide bonds. The molecule has 0 radical (unpaired) electrons. The van der Waals surface area contributed by atoms with Gasteiger partial charge >= 0.3 is 0 Å². The molecule has 1 rings (SSSR count). The lowest BCUT2D eigenvalue weighted by Gasteiger charge is -2.48. The molecule has 0 saturated heterocycles. The van der Waals surface area contributed by atoms with E-state index in [9.17, 15) is 15.3 Å². The third kappa shape index (κ3) is 2.96. The maximum atomic E-state index is 9.90. The highest BCUT2D eigenvalue weighted by Crippen LogP contribution is 2.46. The summed E-state index contributed by atoms with van der Waals surface area (Å²) in [7, 11) is 0. The SMILES string of the molecule is C[C@@H]1[C@H](O)[C@@H](O)CC(C)(C)[C@@H]1CC[C@H](C)O. The highest BCUT2D eigenvalue weighted by Gasteiger charge is 2.45. The molecule has 1 aliphatic rings. The topological polar surface area (TPSA) is 60.7 Å². The van der Waals surface area contributed by atoms with Crippen molar-refractivity contribution in [2.24, 2.45) is 17.3 Å². The third-order valence-electron chi connectivity index (χ3n) is 4.20. The van der Waals surface area contributed by atoms with Crippen LogP contribution in [0.15, 0.2) is 0 Å². The molecule has 3 heteroatoms. The minimum atomic E-state index is -0.618. The van der Waals surface area contributed by atoms with Gasteiger partial charge in [-0.3, -0.25) is 0 Å². The second-order valence-electron chi connectivity index (χ2n) is 6.14. The first-order valence-electron chi connectivity index (χ1n) is 6.30. The summed E-state index contributed by atoms with van der Waals surface area (Å²) in [5.41, 5.74) is 0.0347. The summed E-state index contributed by atoms with van der Waals surface area (Å²) in [4.78, 5) is 0. The van der Waals surface area contributed by atoms with Gasteiger partial charge < -0.3 is 15.3 Å². The van der Waals surface area contributed by atoms with Crippen LogP contribution >= 0.6 is 0 Å². The molecule has 0 aliphatic heterocycles. The molecule has 1 fully saturated rings. The fourth-order valence-corrected chi connectivity index (χ4v) is 3.19. The largest absolute Gasteiger partial charge is 0.393 e. The number of hydrogen-bond donors (Lipinski definition) is 3. The van der Waals surface area contributed by atoms with Crippen LogP contribution in [0.4, 0.5) is 0 Å². The number of hydrogen-bond acceptors (Lipinski definition) is 3. The Bertz CT molecular complexity index is 225.